The van der Waals surface area contributed by atoms with Crippen molar-refractivity contribution < 1.29 is 22.7 Å². The van der Waals surface area contributed by atoms with E-state index in [2.05, 4.69) is 9.71 Å². The minimum atomic E-state index is -3.82. The van der Waals surface area contributed by atoms with Crippen LogP contribution in [0.2, 0.25) is 0 Å². The van der Waals surface area contributed by atoms with Crippen molar-refractivity contribution in [3.8, 4) is 0 Å². The molecular formula is C17H23N3O5S. The molecule has 0 spiro atoms. The van der Waals surface area contributed by atoms with Crippen LogP contribution in [0.4, 0.5) is 11.4 Å². The summed E-state index contributed by atoms with van der Waals surface area (Å²) >= 11 is 0. The molecule has 2 heterocycles. The van der Waals surface area contributed by atoms with Crippen molar-refractivity contribution in [1.29, 1.82) is 0 Å². The van der Waals surface area contributed by atoms with Gasteiger partial charge in [0, 0.05) is 25.8 Å². The third-order valence-corrected chi connectivity index (χ3v) is 5.69. The van der Waals surface area contributed by atoms with E-state index in [0.29, 0.717) is 30.2 Å². The van der Waals surface area contributed by atoms with Crippen LogP contribution in [0, 0.1) is 0 Å². The highest BCUT2D eigenvalue weighted by atomic mass is 32.2. The van der Waals surface area contributed by atoms with Crippen LogP contribution in [0.15, 0.2) is 27.5 Å². The average Bonchev–Trinajstić information content (AvgIpc) is 3.10. The van der Waals surface area contributed by atoms with Crippen molar-refractivity contribution >= 4 is 33.1 Å². The highest BCUT2D eigenvalue weighted by Crippen LogP contribution is 2.35. The van der Waals surface area contributed by atoms with Crippen LogP contribution in [-0.2, 0) is 24.3 Å². The number of benzene rings is 1. The molecule has 0 radical (unpaired) electrons. The summed E-state index contributed by atoms with van der Waals surface area (Å²) < 4.78 is 39.7. The largest absolute Gasteiger partial charge is 0.376 e. The maximum Gasteiger partial charge on any atom is 0.286 e. The smallest absolute Gasteiger partial charge is 0.286 e. The Morgan fingerprint density at radius 2 is 2.27 bits per heavy atom. The molecule has 0 aliphatic carbocycles. The van der Waals surface area contributed by atoms with Crippen molar-refractivity contribution in [2.75, 3.05) is 37.1 Å². The monoisotopic (exact) mass is 381 g/mol. The minimum absolute atomic E-state index is 0.0569. The Labute approximate surface area is 153 Å². The van der Waals surface area contributed by atoms with Gasteiger partial charge in [-0.3, -0.25) is 4.79 Å². The molecule has 2 aliphatic rings. The van der Waals surface area contributed by atoms with E-state index in [4.69, 9.17) is 9.47 Å². The topological polar surface area (TPSA) is 97.3 Å². The molecule has 1 atom stereocenters. The van der Waals surface area contributed by atoms with Crippen LogP contribution >= 0.6 is 0 Å². The molecule has 1 fully saturated rings. The van der Waals surface area contributed by atoms with E-state index < -0.39 is 10.0 Å². The Morgan fingerprint density at radius 3 is 2.92 bits per heavy atom. The van der Waals surface area contributed by atoms with E-state index in [1.54, 1.807) is 12.1 Å². The Balaban J connectivity index is 1.95. The number of nitrogens with zero attached hydrogens (tertiary/aromatic N) is 2. The first kappa shape index (κ1) is 18.8. The molecule has 0 aromatic heterocycles. The minimum Gasteiger partial charge on any atom is -0.376 e. The third kappa shape index (κ3) is 3.89. The van der Waals surface area contributed by atoms with Crippen LogP contribution < -0.4 is 10.2 Å². The van der Waals surface area contributed by atoms with Crippen molar-refractivity contribution in [3.05, 3.63) is 18.2 Å². The Kier molecular flexibility index (Phi) is 5.59. The SMILES string of the molecule is CCC1=NS(=O)(=O)c2cc(NC(=O)COC)ccc2N1CC1CCCO1. The van der Waals surface area contributed by atoms with Crippen LogP contribution in [0.25, 0.3) is 0 Å². The number of methoxy groups -OCH3 is 1. The Morgan fingerprint density at radius 1 is 1.46 bits per heavy atom. The number of nitrogens with one attached hydrogen (secondary N) is 1. The molecule has 1 saturated heterocycles. The van der Waals surface area contributed by atoms with E-state index in [1.165, 1.54) is 13.2 Å². The molecule has 1 aromatic carbocycles. The summed E-state index contributed by atoms with van der Waals surface area (Å²) in [5.74, 6) is 0.152. The maximum absolute atomic E-state index is 12.6. The lowest BCUT2D eigenvalue weighted by atomic mass is 10.2. The summed E-state index contributed by atoms with van der Waals surface area (Å²) in [5, 5.41) is 2.62. The highest BCUT2D eigenvalue weighted by molar-refractivity contribution is 7.90. The molecule has 8 nitrogen and oxygen atoms in total. The number of carbonyl (C=O) groups excluding carboxylic acids is 1. The lowest BCUT2D eigenvalue weighted by molar-refractivity contribution is -0.119. The van der Waals surface area contributed by atoms with Crippen LogP contribution in [0.1, 0.15) is 26.2 Å². The number of sulfonamides is 1. The van der Waals surface area contributed by atoms with E-state index in [-0.39, 0.29) is 23.5 Å². The predicted molar refractivity (Wildman–Crippen MR) is 98.2 cm³/mol. The second-order valence-corrected chi connectivity index (χ2v) is 7.82. The highest BCUT2D eigenvalue weighted by Gasteiger charge is 2.32. The van der Waals surface area contributed by atoms with Crippen molar-refractivity contribution in [1.82, 2.24) is 0 Å². The van der Waals surface area contributed by atoms with Gasteiger partial charge in [0.2, 0.25) is 5.91 Å². The standard InChI is InChI=1S/C17H23N3O5S/c1-3-16-19-26(22,23)15-9-12(18-17(21)11-24-2)6-7-14(15)20(16)10-13-5-4-8-25-13/h6-7,9,13H,3-5,8,10-11H2,1-2H3,(H,18,21). The number of rotatable bonds is 6. The third-order valence-electron chi connectivity index (χ3n) is 4.35. The Hall–Kier alpha value is -1.97. The van der Waals surface area contributed by atoms with Crippen LogP contribution in [-0.4, -0.2) is 53.1 Å². The molecule has 3 rings (SSSR count). The molecule has 0 bridgehead atoms. The number of anilines is 2. The number of hydrogen-bond acceptors (Lipinski definition) is 6. The van der Waals surface area contributed by atoms with E-state index in [0.717, 1.165) is 19.4 Å². The van der Waals surface area contributed by atoms with Gasteiger partial charge in [0.05, 0.1) is 18.3 Å². The zero-order valence-electron chi connectivity index (χ0n) is 14.9. The zero-order chi connectivity index (χ0) is 18.7. The predicted octanol–water partition coefficient (Wildman–Crippen LogP) is 1.77. The zero-order valence-corrected chi connectivity index (χ0v) is 15.7. The molecule has 2 aliphatic heterocycles. The fraction of sp³-hybridized carbons (Fsp3) is 0.529. The number of amidine groups is 1. The number of carbonyl (C=O) groups is 1. The number of ether oxygens (including phenoxy) is 2. The molecule has 26 heavy (non-hydrogen) atoms. The van der Waals surface area contributed by atoms with Crippen LogP contribution in [0.3, 0.4) is 0 Å². The van der Waals surface area contributed by atoms with Gasteiger partial charge >= 0.3 is 0 Å². The van der Waals surface area contributed by atoms with E-state index in [1.807, 2.05) is 11.8 Å². The first-order valence-electron chi connectivity index (χ1n) is 8.60. The molecule has 0 saturated carbocycles. The molecule has 1 amide bonds. The number of fused-ring (bicyclic) bond motifs is 1. The number of hydrogen-bond donors (Lipinski definition) is 1. The lowest BCUT2D eigenvalue weighted by Gasteiger charge is -2.32. The second kappa shape index (κ2) is 7.73. The molecule has 1 unspecified atom stereocenters. The summed E-state index contributed by atoms with van der Waals surface area (Å²) in [4.78, 5) is 13.7. The van der Waals surface area contributed by atoms with Crippen molar-refractivity contribution in [3.63, 3.8) is 0 Å². The van der Waals surface area contributed by atoms with E-state index >= 15 is 0 Å². The van der Waals surface area contributed by atoms with Gasteiger partial charge in [-0.2, -0.15) is 8.42 Å². The first-order chi connectivity index (χ1) is 12.4. The van der Waals surface area contributed by atoms with Gasteiger partial charge in [0.15, 0.2) is 0 Å². The fourth-order valence-corrected chi connectivity index (χ4v) is 4.50. The normalized spacial score (nSPS) is 21.2. The fourth-order valence-electron chi connectivity index (χ4n) is 3.18. The van der Waals surface area contributed by atoms with Crippen LogP contribution in [0.5, 0.6) is 0 Å². The molecular weight excluding hydrogens is 358 g/mol. The summed E-state index contributed by atoms with van der Waals surface area (Å²) in [6.07, 6.45) is 2.51. The van der Waals surface area contributed by atoms with Gasteiger partial charge in [0.1, 0.15) is 17.3 Å². The Bertz CT molecular complexity index is 816. The summed E-state index contributed by atoms with van der Waals surface area (Å²) in [6, 6.07) is 4.83. The molecule has 1 aromatic rings. The van der Waals surface area contributed by atoms with Gasteiger partial charge in [-0.05, 0) is 31.0 Å². The quantitative estimate of drug-likeness (QED) is 0.807. The molecule has 9 heteroatoms. The summed E-state index contributed by atoms with van der Waals surface area (Å²) in [5.41, 5.74) is 0.957. The van der Waals surface area contributed by atoms with Gasteiger partial charge < -0.3 is 19.7 Å². The van der Waals surface area contributed by atoms with Crippen molar-refractivity contribution in [2.24, 2.45) is 4.40 Å². The lowest BCUT2D eigenvalue weighted by Crippen LogP contribution is -2.40. The maximum atomic E-state index is 12.6. The van der Waals surface area contributed by atoms with Gasteiger partial charge in [-0.1, -0.05) is 6.92 Å². The summed E-state index contributed by atoms with van der Waals surface area (Å²) in [7, 11) is -2.40. The average molecular weight is 381 g/mol. The van der Waals surface area contributed by atoms with E-state index in [9.17, 15) is 13.2 Å². The van der Waals surface area contributed by atoms with Gasteiger partial charge in [0.25, 0.3) is 10.0 Å². The second-order valence-electron chi connectivity index (χ2n) is 6.25. The van der Waals surface area contributed by atoms with Gasteiger partial charge in [-0.25, -0.2) is 0 Å². The van der Waals surface area contributed by atoms with Crippen molar-refractivity contribution in [2.45, 2.75) is 37.2 Å². The molecule has 142 valence electrons. The summed E-state index contributed by atoms with van der Waals surface area (Å²) in [6.45, 7) is 3.06. The molecule has 1 N–H and O–H groups in total. The first-order valence-corrected chi connectivity index (χ1v) is 10.0. The number of amides is 1. The van der Waals surface area contributed by atoms with Gasteiger partial charge in [-0.15, -0.1) is 4.40 Å².